The predicted molar refractivity (Wildman–Crippen MR) is 130 cm³/mol. The minimum atomic E-state index is -1.27. The first-order valence-corrected chi connectivity index (χ1v) is 14.5. The summed E-state index contributed by atoms with van der Waals surface area (Å²) in [6, 6.07) is 4.71. The number of aromatic nitrogens is 1. The van der Waals surface area contributed by atoms with Gasteiger partial charge in [0.1, 0.15) is 0 Å². The Labute approximate surface area is 189 Å². The van der Waals surface area contributed by atoms with E-state index in [-0.39, 0.29) is 17.9 Å². The van der Waals surface area contributed by atoms with Crippen molar-refractivity contribution in [1.82, 2.24) is 15.0 Å². The topological polar surface area (TPSA) is 61.6 Å². The number of amides is 2. The molecule has 2 amide bonds. The van der Waals surface area contributed by atoms with Gasteiger partial charge in [-0.2, -0.15) is 0 Å². The van der Waals surface area contributed by atoms with E-state index in [9.17, 15) is 9.18 Å². The third kappa shape index (κ3) is 4.63. The van der Waals surface area contributed by atoms with Gasteiger partial charge in [-0.05, 0) is 6.92 Å². The molecule has 2 aromatic rings. The number of nitrogens with zero attached hydrogens (tertiary/aromatic N) is 3. The average Bonchev–Trinajstić information content (AvgIpc) is 3.52. The van der Waals surface area contributed by atoms with Crippen LogP contribution < -0.4 is 5.32 Å². The van der Waals surface area contributed by atoms with Crippen molar-refractivity contribution < 1.29 is 13.7 Å². The van der Waals surface area contributed by atoms with Gasteiger partial charge in [0.25, 0.3) is 0 Å². The standard InChI is InChI=1S/C23H28FIN4O2/c1-5-6-11-28(4)16(3)22-18-14-29(15(2)12-21(18)27-31-22)23(30)26-17-7-8-19(24)20(13-17)25-9-10-25/h5-8,13,15H,3,9-12,14H2,1-2,4H3,(H,26,30)/b6-5-. The third-order valence-corrected chi connectivity index (χ3v) is 10.3. The van der Waals surface area contributed by atoms with Gasteiger partial charge in [0.2, 0.25) is 0 Å². The monoisotopic (exact) mass is 538 g/mol. The first kappa shape index (κ1) is 21.9. The minimum Gasteiger partial charge on any atom is -0.0899 e. The van der Waals surface area contributed by atoms with Gasteiger partial charge >= 0.3 is 171 Å². The summed E-state index contributed by atoms with van der Waals surface area (Å²) >= 11 is -1.27. The molecule has 0 spiro atoms. The molecule has 2 aliphatic heterocycles. The molecule has 31 heavy (non-hydrogen) atoms. The molecule has 0 bridgehead atoms. The van der Waals surface area contributed by atoms with Crippen molar-refractivity contribution in [3.8, 4) is 0 Å². The maximum atomic E-state index is 14.1. The molecule has 1 unspecified atom stereocenters. The van der Waals surface area contributed by atoms with E-state index in [1.54, 1.807) is 11.0 Å². The van der Waals surface area contributed by atoms with Crippen LogP contribution in [0.25, 0.3) is 5.70 Å². The fourth-order valence-corrected chi connectivity index (χ4v) is 8.06. The van der Waals surface area contributed by atoms with E-state index in [0.717, 1.165) is 29.4 Å². The summed E-state index contributed by atoms with van der Waals surface area (Å²) < 4.78 is 22.9. The molecule has 6 nitrogen and oxygen atoms in total. The molecule has 0 aliphatic carbocycles. The second-order valence-corrected chi connectivity index (χ2v) is 13.8. The molecule has 4 rings (SSSR count). The van der Waals surface area contributed by atoms with Gasteiger partial charge in [-0.3, -0.25) is 0 Å². The van der Waals surface area contributed by atoms with Crippen molar-refractivity contribution in [1.29, 1.82) is 0 Å². The van der Waals surface area contributed by atoms with Gasteiger partial charge in [0.05, 0.1) is 0 Å². The van der Waals surface area contributed by atoms with Crippen LogP contribution in [0.1, 0.15) is 30.9 Å². The molecular formula is C23H28FIN4O2. The number of allylic oxidation sites excluding steroid dienone is 1. The first-order valence-electron chi connectivity index (χ1n) is 10.4. The molecule has 1 aromatic carbocycles. The molecule has 0 radical (unpaired) electrons. The number of carbonyl (C=O) groups is 1. The number of rotatable bonds is 6. The van der Waals surface area contributed by atoms with Gasteiger partial charge in [0, 0.05) is 0 Å². The molecule has 1 fully saturated rings. The second-order valence-electron chi connectivity index (χ2n) is 7.91. The van der Waals surface area contributed by atoms with E-state index < -0.39 is 19.8 Å². The van der Waals surface area contributed by atoms with E-state index in [1.807, 2.05) is 44.0 Å². The maximum absolute atomic E-state index is 14.1. The molecule has 0 saturated carbocycles. The van der Waals surface area contributed by atoms with E-state index >= 15 is 0 Å². The number of hydrogen-bond acceptors (Lipinski definition) is 4. The first-order chi connectivity index (χ1) is 14.9. The van der Waals surface area contributed by atoms with Crippen molar-refractivity contribution >= 4 is 37.2 Å². The SMILES string of the molecule is C=C(c1onc2c1CN(C(=O)Nc1ccc(F)c(I3CC3)c1)C(C)C2)N(C)C/C=C\C. The summed E-state index contributed by atoms with van der Waals surface area (Å²) in [4.78, 5) is 16.9. The quantitative estimate of drug-likeness (QED) is 0.321. The number of benzene rings is 1. The molecule has 1 atom stereocenters. The molecule has 8 heteroatoms. The molecule has 1 N–H and O–H groups in total. The Morgan fingerprint density at radius 1 is 1.48 bits per heavy atom. The number of urea groups is 1. The van der Waals surface area contributed by atoms with E-state index in [0.29, 0.717) is 31.0 Å². The molecule has 3 heterocycles. The normalized spacial score (nSPS) is 18.8. The number of fused-ring (bicyclic) bond motifs is 1. The van der Waals surface area contributed by atoms with Crippen LogP contribution >= 0.6 is 19.8 Å². The fourth-order valence-electron chi connectivity index (χ4n) is 3.64. The number of nitrogens with one attached hydrogen (secondary N) is 1. The zero-order valence-electron chi connectivity index (χ0n) is 18.1. The summed E-state index contributed by atoms with van der Waals surface area (Å²) in [5, 5.41) is 7.21. The molecule has 2 aliphatic rings. The van der Waals surface area contributed by atoms with Crippen molar-refractivity contribution in [2.75, 3.05) is 27.8 Å². The van der Waals surface area contributed by atoms with E-state index in [4.69, 9.17) is 4.52 Å². The van der Waals surface area contributed by atoms with Gasteiger partial charge < -0.3 is 0 Å². The van der Waals surface area contributed by atoms with Crippen LogP contribution in [0.2, 0.25) is 0 Å². The van der Waals surface area contributed by atoms with E-state index in [2.05, 4.69) is 17.1 Å². The second kappa shape index (κ2) is 9.02. The van der Waals surface area contributed by atoms with Crippen molar-refractivity contribution in [2.45, 2.75) is 32.9 Å². The predicted octanol–water partition coefficient (Wildman–Crippen LogP) is 4.96. The molecule has 1 saturated heterocycles. The van der Waals surface area contributed by atoms with Crippen LogP contribution in [0.3, 0.4) is 0 Å². The molecule has 166 valence electrons. The van der Waals surface area contributed by atoms with Gasteiger partial charge in [0.15, 0.2) is 0 Å². The zero-order chi connectivity index (χ0) is 22.1. The fraction of sp³-hybridized carbons (Fsp3) is 0.391. The number of halogens is 2. The minimum absolute atomic E-state index is 0.0293. The third-order valence-electron chi connectivity index (χ3n) is 5.65. The number of hydrogen-bond donors (Lipinski definition) is 1. The Hall–Kier alpha value is -2.36. The smallest absolute Gasteiger partial charge is 0.0899 e. The summed E-state index contributed by atoms with van der Waals surface area (Å²) in [6.07, 6.45) is 4.64. The Balaban J connectivity index is 1.50. The summed E-state index contributed by atoms with van der Waals surface area (Å²) in [5.41, 5.74) is 3.16. The zero-order valence-corrected chi connectivity index (χ0v) is 20.3. The number of anilines is 1. The van der Waals surface area contributed by atoms with Crippen LogP contribution in [-0.4, -0.2) is 49.5 Å². The van der Waals surface area contributed by atoms with Gasteiger partial charge in [-0.1, -0.05) is 12.2 Å². The number of alkyl halides is 2. The van der Waals surface area contributed by atoms with Gasteiger partial charge in [-0.15, -0.1) is 0 Å². The Kier molecular flexibility index (Phi) is 6.36. The summed E-state index contributed by atoms with van der Waals surface area (Å²) in [5.74, 6) is 0.489. The molecule has 1 aromatic heterocycles. The molecular weight excluding hydrogens is 510 g/mol. The van der Waals surface area contributed by atoms with Crippen molar-refractivity contribution in [3.05, 3.63) is 63.3 Å². The van der Waals surface area contributed by atoms with Crippen molar-refractivity contribution in [3.63, 3.8) is 0 Å². The Morgan fingerprint density at radius 3 is 2.97 bits per heavy atom. The summed E-state index contributed by atoms with van der Waals surface area (Å²) in [6.45, 7) is 9.24. The number of carbonyl (C=O) groups excluding carboxylic acids is 1. The van der Waals surface area contributed by atoms with Gasteiger partial charge in [-0.25, -0.2) is 0 Å². The van der Waals surface area contributed by atoms with Crippen LogP contribution in [-0.2, 0) is 13.0 Å². The Morgan fingerprint density at radius 2 is 2.26 bits per heavy atom. The van der Waals surface area contributed by atoms with Crippen LogP contribution in [0.15, 0.2) is 41.5 Å². The van der Waals surface area contributed by atoms with Crippen LogP contribution in [0, 0.1) is 9.39 Å². The van der Waals surface area contributed by atoms with Crippen molar-refractivity contribution in [2.24, 2.45) is 0 Å². The van der Waals surface area contributed by atoms with Crippen LogP contribution in [0.5, 0.6) is 0 Å². The number of likely N-dealkylation sites (N-methyl/N-ethyl adjacent to an activating group) is 1. The van der Waals surface area contributed by atoms with E-state index in [1.165, 1.54) is 6.07 Å². The summed E-state index contributed by atoms with van der Waals surface area (Å²) in [7, 11) is 1.95. The van der Waals surface area contributed by atoms with Crippen LogP contribution in [0.4, 0.5) is 14.9 Å². The average molecular weight is 538 g/mol. The Bertz CT molecular complexity index is 1030.